The molecule has 0 aliphatic heterocycles. The molecule has 0 aromatic heterocycles. The molecule has 1 atom stereocenters. The summed E-state index contributed by atoms with van der Waals surface area (Å²) in [4.78, 5) is 25.0. The van der Waals surface area contributed by atoms with Gasteiger partial charge in [0, 0.05) is 11.3 Å². The van der Waals surface area contributed by atoms with Crippen LogP contribution in [0.2, 0.25) is 0 Å². The number of nitrogens with zero attached hydrogens (tertiary/aromatic N) is 1. The number of nitrogens with one attached hydrogen (secondary N) is 2. The van der Waals surface area contributed by atoms with Gasteiger partial charge < -0.3 is 10.6 Å². The van der Waals surface area contributed by atoms with Crippen molar-refractivity contribution in [3.05, 3.63) is 90.0 Å². The molecule has 3 aromatic carbocycles. The number of Topliss-reactive ketones (excluding diaryl/α,β-unsaturated/α-hetero) is 1. The fourth-order valence-electron chi connectivity index (χ4n) is 3.74. The standard InChI is InChI=1S/C28H29N3O2/c1-20(2)17-26(28(33)30-16-15-29)24-10-6-9-23(18-24)21-11-13-25(14-12-21)31-19-27(32)22-7-4-3-5-8-22/h3-14,18,20,26,31H,16-17,19H2,1-2H3,(H,30,33)/t26-/m1/s1. The first-order valence-electron chi connectivity index (χ1n) is 11.1. The summed E-state index contributed by atoms with van der Waals surface area (Å²) in [5.74, 6) is -0.0398. The lowest BCUT2D eigenvalue weighted by atomic mass is 9.88. The van der Waals surface area contributed by atoms with Crippen molar-refractivity contribution in [2.75, 3.05) is 18.4 Å². The van der Waals surface area contributed by atoms with Crippen LogP contribution in [0.3, 0.4) is 0 Å². The SMILES string of the molecule is CC(C)C[C@@H](C(=O)NCC#N)c1cccc(-c2ccc(NCC(=O)c3ccccc3)cc2)c1. The third-order valence-corrected chi connectivity index (χ3v) is 5.42. The van der Waals surface area contributed by atoms with Crippen molar-refractivity contribution >= 4 is 17.4 Å². The first-order valence-corrected chi connectivity index (χ1v) is 11.1. The molecular formula is C28H29N3O2. The van der Waals surface area contributed by atoms with Gasteiger partial charge in [0.1, 0.15) is 6.54 Å². The number of carbonyl (C=O) groups is 2. The van der Waals surface area contributed by atoms with Gasteiger partial charge in [0.15, 0.2) is 5.78 Å². The molecule has 33 heavy (non-hydrogen) atoms. The van der Waals surface area contributed by atoms with E-state index < -0.39 is 0 Å². The Labute approximate surface area is 195 Å². The number of carbonyl (C=O) groups excluding carboxylic acids is 2. The predicted octanol–water partition coefficient (Wildman–Crippen LogP) is 5.42. The van der Waals surface area contributed by atoms with E-state index in [2.05, 4.69) is 24.5 Å². The Morgan fingerprint density at radius 2 is 1.64 bits per heavy atom. The maximum absolute atomic E-state index is 12.7. The molecule has 0 bridgehead atoms. The number of nitriles is 1. The summed E-state index contributed by atoms with van der Waals surface area (Å²) in [6, 6.07) is 27.1. The van der Waals surface area contributed by atoms with Crippen LogP contribution in [0.25, 0.3) is 11.1 Å². The van der Waals surface area contributed by atoms with Crippen molar-refractivity contribution < 1.29 is 9.59 Å². The fourth-order valence-corrected chi connectivity index (χ4v) is 3.74. The molecule has 1 amide bonds. The zero-order chi connectivity index (χ0) is 23.6. The van der Waals surface area contributed by atoms with E-state index in [1.54, 1.807) is 0 Å². The number of ketones is 1. The van der Waals surface area contributed by atoms with Gasteiger partial charge in [-0.25, -0.2) is 0 Å². The lowest BCUT2D eigenvalue weighted by molar-refractivity contribution is -0.122. The minimum absolute atomic E-state index is 0.00829. The van der Waals surface area contributed by atoms with Crippen molar-refractivity contribution in [2.24, 2.45) is 5.92 Å². The van der Waals surface area contributed by atoms with Crippen LogP contribution in [-0.4, -0.2) is 24.8 Å². The Kier molecular flexibility index (Phi) is 8.37. The second-order valence-electron chi connectivity index (χ2n) is 8.40. The highest BCUT2D eigenvalue weighted by Gasteiger charge is 2.22. The van der Waals surface area contributed by atoms with Gasteiger partial charge in [0.05, 0.1) is 18.5 Å². The lowest BCUT2D eigenvalue weighted by Gasteiger charge is -2.19. The smallest absolute Gasteiger partial charge is 0.228 e. The Morgan fingerprint density at radius 3 is 2.30 bits per heavy atom. The summed E-state index contributed by atoms with van der Waals surface area (Å²) in [7, 11) is 0. The van der Waals surface area contributed by atoms with E-state index in [0.717, 1.165) is 22.4 Å². The Hall–Kier alpha value is -3.91. The highest BCUT2D eigenvalue weighted by Crippen LogP contribution is 2.29. The van der Waals surface area contributed by atoms with Gasteiger partial charge in [-0.2, -0.15) is 5.26 Å². The summed E-state index contributed by atoms with van der Waals surface area (Å²) >= 11 is 0. The van der Waals surface area contributed by atoms with Crippen molar-refractivity contribution in [2.45, 2.75) is 26.2 Å². The van der Waals surface area contributed by atoms with Crippen LogP contribution in [0.15, 0.2) is 78.9 Å². The predicted molar refractivity (Wildman–Crippen MR) is 132 cm³/mol. The molecule has 168 valence electrons. The Bertz CT molecular complexity index is 1120. The van der Waals surface area contributed by atoms with E-state index >= 15 is 0 Å². The maximum Gasteiger partial charge on any atom is 0.228 e. The summed E-state index contributed by atoms with van der Waals surface area (Å²) in [5.41, 5.74) is 4.53. The van der Waals surface area contributed by atoms with Crippen LogP contribution in [0.4, 0.5) is 5.69 Å². The molecule has 0 radical (unpaired) electrons. The van der Waals surface area contributed by atoms with Gasteiger partial charge >= 0.3 is 0 Å². The number of hydrogen-bond acceptors (Lipinski definition) is 4. The third kappa shape index (κ3) is 6.78. The van der Waals surface area contributed by atoms with Crippen molar-refractivity contribution in [3.63, 3.8) is 0 Å². The molecule has 0 spiro atoms. The van der Waals surface area contributed by atoms with Crippen LogP contribution in [0.5, 0.6) is 0 Å². The first-order chi connectivity index (χ1) is 16.0. The van der Waals surface area contributed by atoms with Crippen molar-refractivity contribution in [1.29, 1.82) is 5.26 Å². The van der Waals surface area contributed by atoms with Crippen molar-refractivity contribution in [1.82, 2.24) is 5.32 Å². The second kappa shape index (κ2) is 11.6. The van der Waals surface area contributed by atoms with Gasteiger partial charge in [-0.1, -0.05) is 80.6 Å². The van der Waals surface area contributed by atoms with Gasteiger partial charge in [0.25, 0.3) is 0 Å². The normalized spacial score (nSPS) is 11.5. The summed E-state index contributed by atoms with van der Waals surface area (Å²) in [6.45, 7) is 4.41. The molecule has 0 saturated heterocycles. The topological polar surface area (TPSA) is 82.0 Å². The minimum atomic E-state index is -0.303. The molecule has 0 aliphatic rings. The van der Waals surface area contributed by atoms with E-state index in [0.29, 0.717) is 17.9 Å². The van der Waals surface area contributed by atoms with Gasteiger partial charge in [0.2, 0.25) is 5.91 Å². The van der Waals surface area contributed by atoms with Crippen LogP contribution in [-0.2, 0) is 4.79 Å². The average molecular weight is 440 g/mol. The molecule has 0 aliphatic carbocycles. The van der Waals surface area contributed by atoms with E-state index in [1.807, 2.05) is 84.9 Å². The largest absolute Gasteiger partial charge is 0.378 e. The molecule has 0 saturated carbocycles. The number of amides is 1. The molecular weight excluding hydrogens is 410 g/mol. The number of rotatable bonds is 10. The van der Waals surface area contributed by atoms with Crippen LogP contribution in [0, 0.1) is 17.2 Å². The van der Waals surface area contributed by atoms with E-state index in [1.165, 1.54) is 0 Å². The summed E-state index contributed by atoms with van der Waals surface area (Å²) in [6.07, 6.45) is 0.707. The zero-order valence-electron chi connectivity index (χ0n) is 19.0. The Balaban J connectivity index is 1.71. The molecule has 3 aromatic rings. The fraction of sp³-hybridized carbons (Fsp3) is 0.250. The monoisotopic (exact) mass is 439 g/mol. The van der Waals surface area contributed by atoms with Crippen LogP contribution < -0.4 is 10.6 Å². The highest BCUT2D eigenvalue weighted by molar-refractivity contribution is 5.98. The van der Waals surface area contributed by atoms with E-state index in [9.17, 15) is 9.59 Å². The molecule has 0 heterocycles. The molecule has 2 N–H and O–H groups in total. The highest BCUT2D eigenvalue weighted by atomic mass is 16.2. The lowest BCUT2D eigenvalue weighted by Crippen LogP contribution is -2.30. The maximum atomic E-state index is 12.7. The second-order valence-corrected chi connectivity index (χ2v) is 8.40. The summed E-state index contributed by atoms with van der Waals surface area (Å²) in [5, 5.41) is 14.7. The molecule has 0 fully saturated rings. The quantitative estimate of drug-likeness (QED) is 0.326. The average Bonchev–Trinajstić information content (AvgIpc) is 2.85. The van der Waals surface area contributed by atoms with Crippen LogP contribution >= 0.6 is 0 Å². The molecule has 5 nitrogen and oxygen atoms in total. The van der Waals surface area contributed by atoms with E-state index in [4.69, 9.17) is 5.26 Å². The number of hydrogen-bond donors (Lipinski definition) is 2. The van der Waals surface area contributed by atoms with Gasteiger partial charge in [-0.15, -0.1) is 0 Å². The molecule has 0 unspecified atom stereocenters. The third-order valence-electron chi connectivity index (χ3n) is 5.42. The summed E-state index contributed by atoms with van der Waals surface area (Å²) < 4.78 is 0. The van der Waals surface area contributed by atoms with Gasteiger partial charge in [-0.05, 0) is 41.2 Å². The Morgan fingerprint density at radius 1 is 0.909 bits per heavy atom. The number of anilines is 1. The minimum Gasteiger partial charge on any atom is -0.378 e. The van der Waals surface area contributed by atoms with E-state index in [-0.39, 0.29) is 30.7 Å². The first kappa shape index (κ1) is 23.7. The molecule has 3 rings (SSSR count). The number of benzene rings is 3. The molecule has 5 heteroatoms. The zero-order valence-corrected chi connectivity index (χ0v) is 19.0. The van der Waals surface area contributed by atoms with Crippen LogP contribution in [0.1, 0.15) is 42.1 Å². The van der Waals surface area contributed by atoms with Crippen molar-refractivity contribution in [3.8, 4) is 17.2 Å². The van der Waals surface area contributed by atoms with Gasteiger partial charge in [-0.3, -0.25) is 9.59 Å².